The molecule has 1 aromatic carbocycles. The van der Waals surface area contributed by atoms with Crippen LogP contribution >= 0.6 is 0 Å². The minimum atomic E-state index is -1.02. The molecule has 1 atom stereocenters. The summed E-state index contributed by atoms with van der Waals surface area (Å²) in [6.07, 6.45) is 2.86. The number of non-ortho nitro benzene ring substituents is 1. The molecule has 1 aromatic rings. The Bertz CT molecular complexity index is 757. The third-order valence-corrected chi connectivity index (χ3v) is 4.74. The molecule has 2 N–H and O–H groups in total. The largest absolute Gasteiger partial charge is 0.325 e. The van der Waals surface area contributed by atoms with Gasteiger partial charge in [-0.05, 0) is 25.8 Å². The Hall–Kier alpha value is -2.97. The van der Waals surface area contributed by atoms with Crippen LogP contribution in [0.3, 0.4) is 0 Å². The predicted molar refractivity (Wildman–Crippen MR) is 87.8 cm³/mol. The van der Waals surface area contributed by atoms with E-state index in [4.69, 9.17) is 0 Å². The van der Waals surface area contributed by atoms with Gasteiger partial charge in [-0.2, -0.15) is 0 Å². The van der Waals surface area contributed by atoms with Crippen molar-refractivity contribution in [2.24, 2.45) is 0 Å². The highest BCUT2D eigenvalue weighted by Crippen LogP contribution is 2.35. The van der Waals surface area contributed by atoms with Crippen LogP contribution in [-0.2, 0) is 9.59 Å². The zero-order chi connectivity index (χ0) is 18.2. The Morgan fingerprint density at radius 3 is 2.68 bits per heavy atom. The smallest absolute Gasteiger partial charge is 0.324 e. The third-order valence-electron chi connectivity index (χ3n) is 4.74. The van der Waals surface area contributed by atoms with E-state index >= 15 is 0 Å². The van der Waals surface area contributed by atoms with E-state index in [2.05, 4.69) is 10.6 Å². The third kappa shape index (κ3) is 2.92. The molecule has 9 nitrogen and oxygen atoms in total. The van der Waals surface area contributed by atoms with Gasteiger partial charge < -0.3 is 10.6 Å². The number of hydrogen-bond acceptors (Lipinski definition) is 5. The van der Waals surface area contributed by atoms with Gasteiger partial charge in [-0.15, -0.1) is 0 Å². The molecule has 1 spiro atoms. The van der Waals surface area contributed by atoms with Gasteiger partial charge in [0.2, 0.25) is 5.91 Å². The fourth-order valence-corrected chi connectivity index (χ4v) is 3.37. The van der Waals surface area contributed by atoms with Crippen LogP contribution in [0.25, 0.3) is 0 Å². The molecule has 4 amide bonds. The topological polar surface area (TPSA) is 122 Å². The minimum Gasteiger partial charge on any atom is -0.324 e. The van der Waals surface area contributed by atoms with Crippen molar-refractivity contribution in [2.75, 3.05) is 5.32 Å². The standard InChI is InChI=1S/C16H18N4O5/c1-10(13(21)17-11-5-4-6-12(9-11)20(24)25)19-14(22)16(18-15(19)23)7-2-3-8-16/h4-6,9-10H,2-3,7-8H2,1H3,(H,17,21)(H,18,23)/t10-/m0/s1. The second-order valence-electron chi connectivity index (χ2n) is 6.37. The molecule has 1 saturated carbocycles. The summed E-state index contributed by atoms with van der Waals surface area (Å²) in [5, 5.41) is 16.0. The minimum absolute atomic E-state index is 0.162. The van der Waals surface area contributed by atoms with E-state index in [1.165, 1.54) is 31.2 Å². The molecule has 3 rings (SSSR count). The lowest BCUT2D eigenvalue weighted by molar-refractivity contribution is -0.384. The first kappa shape index (κ1) is 16.9. The molecular weight excluding hydrogens is 328 g/mol. The SMILES string of the molecule is C[C@@H](C(=O)Nc1cccc([N+](=O)[O-])c1)N1C(=O)NC2(CCCC2)C1=O. The fourth-order valence-electron chi connectivity index (χ4n) is 3.37. The van der Waals surface area contributed by atoms with Crippen LogP contribution in [0.4, 0.5) is 16.2 Å². The van der Waals surface area contributed by atoms with E-state index in [-0.39, 0.29) is 17.3 Å². The second-order valence-corrected chi connectivity index (χ2v) is 6.37. The number of rotatable bonds is 4. The maximum atomic E-state index is 12.7. The number of nitrogens with zero attached hydrogens (tertiary/aromatic N) is 2. The number of nitrogens with one attached hydrogen (secondary N) is 2. The number of nitro benzene ring substituents is 1. The molecule has 1 heterocycles. The van der Waals surface area contributed by atoms with Crippen LogP contribution in [0.15, 0.2) is 24.3 Å². The fraction of sp³-hybridized carbons (Fsp3) is 0.438. The van der Waals surface area contributed by atoms with Crippen LogP contribution in [0.5, 0.6) is 0 Å². The van der Waals surface area contributed by atoms with E-state index in [9.17, 15) is 24.5 Å². The van der Waals surface area contributed by atoms with Crippen molar-refractivity contribution in [3.8, 4) is 0 Å². The zero-order valence-corrected chi connectivity index (χ0v) is 13.7. The van der Waals surface area contributed by atoms with Crippen LogP contribution in [0.2, 0.25) is 0 Å². The summed E-state index contributed by atoms with van der Waals surface area (Å²) in [5.41, 5.74) is -0.809. The number of carbonyl (C=O) groups excluding carboxylic acids is 3. The number of anilines is 1. The number of benzene rings is 1. The Labute approximate surface area is 143 Å². The summed E-state index contributed by atoms with van der Waals surface area (Å²) in [6, 6.07) is 3.87. The first-order valence-electron chi connectivity index (χ1n) is 8.05. The Morgan fingerprint density at radius 2 is 2.04 bits per heavy atom. The van der Waals surface area contributed by atoms with Crippen molar-refractivity contribution in [3.63, 3.8) is 0 Å². The maximum absolute atomic E-state index is 12.7. The van der Waals surface area contributed by atoms with Gasteiger partial charge in [-0.1, -0.05) is 18.9 Å². The average molecular weight is 346 g/mol. The molecule has 2 fully saturated rings. The number of amides is 4. The molecule has 9 heteroatoms. The van der Waals surface area contributed by atoms with Crippen LogP contribution in [-0.4, -0.2) is 39.2 Å². The highest BCUT2D eigenvalue weighted by Gasteiger charge is 2.54. The summed E-state index contributed by atoms with van der Waals surface area (Å²) in [6.45, 7) is 1.46. The van der Waals surface area contributed by atoms with Crippen molar-refractivity contribution >= 4 is 29.2 Å². The first-order valence-corrected chi connectivity index (χ1v) is 8.05. The number of nitro groups is 1. The first-order chi connectivity index (χ1) is 11.8. The van der Waals surface area contributed by atoms with Crippen molar-refractivity contribution in [3.05, 3.63) is 34.4 Å². The van der Waals surface area contributed by atoms with Gasteiger partial charge >= 0.3 is 6.03 Å². The Morgan fingerprint density at radius 1 is 1.36 bits per heavy atom. The van der Waals surface area contributed by atoms with Crippen LogP contribution in [0, 0.1) is 10.1 Å². The van der Waals surface area contributed by atoms with Gasteiger partial charge in [-0.25, -0.2) is 9.69 Å². The predicted octanol–water partition coefficient (Wildman–Crippen LogP) is 1.79. The van der Waals surface area contributed by atoms with Crippen LogP contribution in [0.1, 0.15) is 32.6 Å². The zero-order valence-electron chi connectivity index (χ0n) is 13.7. The summed E-state index contributed by atoms with van der Waals surface area (Å²) in [7, 11) is 0. The van der Waals surface area contributed by atoms with Crippen molar-refractivity contribution in [1.29, 1.82) is 0 Å². The van der Waals surface area contributed by atoms with Gasteiger partial charge in [0.05, 0.1) is 4.92 Å². The highest BCUT2D eigenvalue weighted by molar-refractivity contribution is 6.11. The molecule has 1 aliphatic carbocycles. The molecule has 2 aliphatic rings. The maximum Gasteiger partial charge on any atom is 0.325 e. The van der Waals surface area contributed by atoms with Crippen LogP contribution < -0.4 is 10.6 Å². The van der Waals surface area contributed by atoms with Crippen molar-refractivity contribution in [1.82, 2.24) is 10.2 Å². The second kappa shape index (κ2) is 6.15. The molecule has 0 unspecified atom stereocenters. The summed E-state index contributed by atoms with van der Waals surface area (Å²) < 4.78 is 0. The monoisotopic (exact) mass is 346 g/mol. The van der Waals surface area contributed by atoms with E-state index in [1.54, 1.807) is 0 Å². The highest BCUT2D eigenvalue weighted by atomic mass is 16.6. The Kier molecular flexibility index (Phi) is 4.15. The molecule has 132 valence electrons. The lowest BCUT2D eigenvalue weighted by atomic mass is 9.97. The van der Waals surface area contributed by atoms with E-state index < -0.39 is 28.4 Å². The number of carbonyl (C=O) groups is 3. The van der Waals surface area contributed by atoms with Crippen molar-refractivity contribution < 1.29 is 19.3 Å². The molecule has 0 bridgehead atoms. The van der Waals surface area contributed by atoms with Gasteiger partial charge in [0.15, 0.2) is 0 Å². The molecule has 1 aliphatic heterocycles. The molecule has 0 aromatic heterocycles. The Balaban J connectivity index is 1.74. The van der Waals surface area contributed by atoms with Gasteiger partial charge in [0.1, 0.15) is 11.6 Å². The summed E-state index contributed by atoms with van der Waals surface area (Å²) in [5.74, 6) is -0.962. The van der Waals surface area contributed by atoms with Crippen molar-refractivity contribution in [2.45, 2.75) is 44.2 Å². The lowest BCUT2D eigenvalue weighted by Crippen LogP contribution is -2.48. The van der Waals surface area contributed by atoms with E-state index in [0.29, 0.717) is 12.8 Å². The van der Waals surface area contributed by atoms with E-state index in [1.807, 2.05) is 0 Å². The quantitative estimate of drug-likeness (QED) is 0.489. The molecule has 0 radical (unpaired) electrons. The number of urea groups is 1. The number of imide groups is 1. The molecule has 25 heavy (non-hydrogen) atoms. The number of hydrogen-bond donors (Lipinski definition) is 2. The average Bonchev–Trinajstić information content (AvgIpc) is 3.13. The van der Waals surface area contributed by atoms with Gasteiger partial charge in [0.25, 0.3) is 11.6 Å². The molecular formula is C16H18N4O5. The van der Waals surface area contributed by atoms with Gasteiger partial charge in [-0.3, -0.25) is 19.7 Å². The van der Waals surface area contributed by atoms with E-state index in [0.717, 1.165) is 17.7 Å². The normalized spacial score (nSPS) is 19.8. The van der Waals surface area contributed by atoms with Gasteiger partial charge in [0, 0.05) is 17.8 Å². The summed E-state index contributed by atoms with van der Waals surface area (Å²) >= 11 is 0. The molecule has 1 saturated heterocycles. The lowest BCUT2D eigenvalue weighted by Gasteiger charge is -2.23. The summed E-state index contributed by atoms with van der Waals surface area (Å²) in [4.78, 5) is 48.5.